The summed E-state index contributed by atoms with van der Waals surface area (Å²) in [7, 11) is -2.10. The molecule has 0 fully saturated rings. The number of anilines is 1. The fourth-order valence-corrected chi connectivity index (χ4v) is 4.38. The summed E-state index contributed by atoms with van der Waals surface area (Å²) >= 11 is 0. The lowest BCUT2D eigenvalue weighted by atomic mass is 10.1. The number of sulfonamides is 1. The Morgan fingerprint density at radius 1 is 1.10 bits per heavy atom. The first kappa shape index (κ1) is 22.7. The van der Waals surface area contributed by atoms with Gasteiger partial charge in [-0.15, -0.1) is 0 Å². The highest BCUT2D eigenvalue weighted by atomic mass is 32.2. The molecule has 2 aromatic rings. The summed E-state index contributed by atoms with van der Waals surface area (Å²) in [6, 6.07) is 14.2. The van der Waals surface area contributed by atoms with Crippen LogP contribution in [0.25, 0.3) is 0 Å². The molecule has 0 spiro atoms. The first-order valence-electron chi connectivity index (χ1n) is 9.73. The van der Waals surface area contributed by atoms with E-state index >= 15 is 0 Å². The quantitative estimate of drug-likeness (QED) is 0.601. The molecule has 7 heteroatoms. The minimum atomic E-state index is -3.64. The van der Waals surface area contributed by atoms with Crippen LogP contribution in [0.15, 0.2) is 48.5 Å². The van der Waals surface area contributed by atoms with Gasteiger partial charge in [0.1, 0.15) is 11.8 Å². The summed E-state index contributed by atoms with van der Waals surface area (Å²) in [5.74, 6) is 0.327. The lowest BCUT2D eigenvalue weighted by Gasteiger charge is -2.30. The van der Waals surface area contributed by atoms with Crippen LogP contribution in [0.1, 0.15) is 30.9 Å². The average Bonchev–Trinajstić information content (AvgIpc) is 2.69. The van der Waals surface area contributed by atoms with Crippen LogP contribution in [0, 0.1) is 6.92 Å². The molecule has 0 unspecified atom stereocenters. The Bertz CT molecular complexity index is 893. The monoisotopic (exact) mass is 418 g/mol. The van der Waals surface area contributed by atoms with Crippen LogP contribution in [0.5, 0.6) is 5.75 Å². The smallest absolute Gasteiger partial charge is 0.243 e. The van der Waals surface area contributed by atoms with Crippen molar-refractivity contribution in [2.75, 3.05) is 24.2 Å². The minimum Gasteiger partial charge on any atom is -0.497 e. The van der Waals surface area contributed by atoms with E-state index in [1.54, 1.807) is 38.3 Å². The van der Waals surface area contributed by atoms with E-state index in [9.17, 15) is 13.2 Å². The van der Waals surface area contributed by atoms with Crippen LogP contribution >= 0.6 is 0 Å². The highest BCUT2D eigenvalue weighted by Crippen LogP contribution is 2.25. The zero-order valence-corrected chi connectivity index (χ0v) is 18.3. The van der Waals surface area contributed by atoms with Gasteiger partial charge in [0.15, 0.2) is 0 Å². The summed E-state index contributed by atoms with van der Waals surface area (Å²) in [6.45, 7) is 4.34. The predicted molar refractivity (Wildman–Crippen MR) is 117 cm³/mol. The van der Waals surface area contributed by atoms with Crippen molar-refractivity contribution in [2.24, 2.45) is 0 Å². The molecule has 1 N–H and O–H groups in total. The molecule has 0 saturated heterocycles. The van der Waals surface area contributed by atoms with Crippen LogP contribution < -0.4 is 14.4 Å². The summed E-state index contributed by atoms with van der Waals surface area (Å²) in [5, 5.41) is 2.89. The molecule has 0 bridgehead atoms. The molecule has 0 radical (unpaired) electrons. The van der Waals surface area contributed by atoms with Crippen LogP contribution in [-0.2, 0) is 21.2 Å². The van der Waals surface area contributed by atoms with Crippen molar-refractivity contribution in [3.05, 3.63) is 59.7 Å². The number of methoxy groups -OCH3 is 1. The average molecular weight is 419 g/mol. The molecule has 2 aromatic carbocycles. The van der Waals surface area contributed by atoms with Crippen molar-refractivity contribution in [1.29, 1.82) is 0 Å². The number of nitrogens with one attached hydrogen (secondary N) is 1. The van der Waals surface area contributed by atoms with Gasteiger partial charge in [0, 0.05) is 6.54 Å². The number of rotatable bonds is 10. The maximum absolute atomic E-state index is 12.8. The van der Waals surface area contributed by atoms with E-state index in [0.717, 1.165) is 19.1 Å². The van der Waals surface area contributed by atoms with Crippen molar-refractivity contribution < 1.29 is 17.9 Å². The highest BCUT2D eigenvalue weighted by Gasteiger charge is 2.31. The van der Waals surface area contributed by atoms with Gasteiger partial charge in [0.2, 0.25) is 15.9 Å². The van der Waals surface area contributed by atoms with Crippen molar-refractivity contribution in [3.8, 4) is 5.75 Å². The number of aryl methyl sites for hydroxylation is 2. The van der Waals surface area contributed by atoms with Gasteiger partial charge in [-0.05, 0) is 56.0 Å². The Morgan fingerprint density at radius 3 is 2.24 bits per heavy atom. The minimum absolute atomic E-state index is 0.294. The lowest BCUT2D eigenvalue weighted by molar-refractivity contribution is -0.122. The van der Waals surface area contributed by atoms with Crippen LogP contribution in [0.4, 0.5) is 5.69 Å². The molecule has 158 valence electrons. The molecule has 0 heterocycles. The van der Waals surface area contributed by atoms with E-state index in [1.165, 1.54) is 15.4 Å². The third-order valence-electron chi connectivity index (χ3n) is 4.72. The number of amides is 1. The standard InChI is InChI=1S/C22H30N2O4S/c1-5-21(22(25)23-16-6-7-18-10-8-17(2)9-11-18)24(29(4,26)27)19-12-14-20(28-3)15-13-19/h8-15,21H,5-7,16H2,1-4H3,(H,23,25)/t21-/m0/s1. The fraction of sp³-hybridized carbons (Fsp3) is 0.409. The molecular formula is C22H30N2O4S. The maximum atomic E-state index is 12.8. The maximum Gasteiger partial charge on any atom is 0.243 e. The summed E-state index contributed by atoms with van der Waals surface area (Å²) in [4.78, 5) is 12.8. The first-order valence-corrected chi connectivity index (χ1v) is 11.6. The van der Waals surface area contributed by atoms with Crippen LogP contribution in [0.3, 0.4) is 0 Å². The fourth-order valence-electron chi connectivity index (χ4n) is 3.17. The van der Waals surface area contributed by atoms with Crippen molar-refractivity contribution in [1.82, 2.24) is 5.32 Å². The molecule has 0 saturated carbocycles. The largest absolute Gasteiger partial charge is 0.497 e. The Balaban J connectivity index is 2.04. The van der Waals surface area contributed by atoms with E-state index in [1.807, 2.05) is 6.92 Å². The van der Waals surface area contributed by atoms with E-state index in [2.05, 4.69) is 29.6 Å². The van der Waals surface area contributed by atoms with Gasteiger partial charge in [-0.3, -0.25) is 9.10 Å². The normalized spacial score (nSPS) is 12.3. The number of carbonyl (C=O) groups is 1. The molecule has 1 amide bonds. The Labute approximate surface area is 173 Å². The van der Waals surface area contributed by atoms with E-state index in [4.69, 9.17) is 4.74 Å². The van der Waals surface area contributed by atoms with E-state index in [0.29, 0.717) is 24.4 Å². The molecule has 0 aromatic heterocycles. The van der Waals surface area contributed by atoms with Gasteiger partial charge in [-0.1, -0.05) is 36.8 Å². The SMILES string of the molecule is CC[C@@H](C(=O)NCCCc1ccc(C)cc1)N(c1ccc(OC)cc1)S(C)(=O)=O. The van der Waals surface area contributed by atoms with E-state index < -0.39 is 16.1 Å². The first-order chi connectivity index (χ1) is 13.8. The topological polar surface area (TPSA) is 75.7 Å². The zero-order chi connectivity index (χ0) is 21.4. The molecule has 29 heavy (non-hydrogen) atoms. The molecule has 2 rings (SSSR count). The molecule has 0 aliphatic heterocycles. The number of hydrogen-bond acceptors (Lipinski definition) is 4. The summed E-state index contributed by atoms with van der Waals surface area (Å²) in [6.07, 6.45) is 3.12. The number of hydrogen-bond donors (Lipinski definition) is 1. The Hall–Kier alpha value is -2.54. The van der Waals surface area contributed by atoms with Crippen molar-refractivity contribution in [2.45, 2.75) is 39.2 Å². The third-order valence-corrected chi connectivity index (χ3v) is 5.90. The zero-order valence-electron chi connectivity index (χ0n) is 17.5. The van der Waals surface area contributed by atoms with Gasteiger partial charge < -0.3 is 10.1 Å². The Morgan fingerprint density at radius 2 is 1.72 bits per heavy atom. The molecule has 0 aliphatic rings. The highest BCUT2D eigenvalue weighted by molar-refractivity contribution is 7.92. The predicted octanol–water partition coefficient (Wildman–Crippen LogP) is 3.30. The Kier molecular flexibility index (Phi) is 8.08. The second-order valence-electron chi connectivity index (χ2n) is 7.06. The summed E-state index contributed by atoms with van der Waals surface area (Å²) in [5.41, 5.74) is 2.87. The number of benzene rings is 2. The van der Waals surface area contributed by atoms with E-state index in [-0.39, 0.29) is 5.91 Å². The second-order valence-corrected chi connectivity index (χ2v) is 8.92. The van der Waals surface area contributed by atoms with Crippen molar-refractivity contribution >= 4 is 21.6 Å². The van der Waals surface area contributed by atoms with Crippen molar-refractivity contribution in [3.63, 3.8) is 0 Å². The van der Waals surface area contributed by atoms with Crippen LogP contribution in [0.2, 0.25) is 0 Å². The molecule has 6 nitrogen and oxygen atoms in total. The van der Waals surface area contributed by atoms with Gasteiger partial charge in [-0.25, -0.2) is 8.42 Å². The molecular weight excluding hydrogens is 388 g/mol. The van der Waals surface area contributed by atoms with Gasteiger partial charge in [0.05, 0.1) is 19.1 Å². The van der Waals surface area contributed by atoms with Gasteiger partial charge >= 0.3 is 0 Å². The van der Waals surface area contributed by atoms with Crippen LogP contribution in [-0.4, -0.2) is 40.3 Å². The van der Waals surface area contributed by atoms with Gasteiger partial charge in [-0.2, -0.15) is 0 Å². The number of carbonyl (C=O) groups excluding carboxylic acids is 1. The van der Waals surface area contributed by atoms with Gasteiger partial charge in [0.25, 0.3) is 0 Å². The molecule has 1 atom stereocenters. The third kappa shape index (κ3) is 6.49. The molecule has 0 aliphatic carbocycles. The second kappa shape index (κ2) is 10.3. The summed E-state index contributed by atoms with van der Waals surface area (Å²) < 4.78 is 31.2. The number of ether oxygens (including phenoxy) is 1. The number of nitrogens with zero attached hydrogens (tertiary/aromatic N) is 1. The lowest BCUT2D eigenvalue weighted by Crippen LogP contribution is -2.49.